The smallest absolute Gasteiger partial charge is 0.171 e. The maximum Gasteiger partial charge on any atom is 0.171 e. The molecule has 0 aliphatic heterocycles. The molecule has 18 heavy (non-hydrogen) atoms. The van der Waals surface area contributed by atoms with Crippen LogP contribution in [0.15, 0.2) is 24.3 Å². The Kier molecular flexibility index (Phi) is 3.91. The van der Waals surface area contributed by atoms with Crippen LogP contribution in [-0.4, -0.2) is 29.4 Å². The third-order valence-electron chi connectivity index (χ3n) is 2.56. The van der Waals surface area contributed by atoms with Gasteiger partial charge in [0.05, 0.1) is 13.2 Å². The summed E-state index contributed by atoms with van der Waals surface area (Å²) in [7, 11) is 3.22. The Hall–Kier alpha value is -1.92. The Bertz CT molecular complexity index is 512. The minimum absolute atomic E-state index is 0.387. The van der Waals surface area contributed by atoms with Gasteiger partial charge < -0.3 is 15.2 Å². The molecule has 96 valence electrons. The molecule has 3 N–H and O–H groups in total. The van der Waals surface area contributed by atoms with E-state index in [1.54, 1.807) is 14.2 Å². The van der Waals surface area contributed by atoms with E-state index in [4.69, 9.17) is 15.2 Å². The average Bonchev–Trinajstić information content (AvgIpc) is 2.87. The van der Waals surface area contributed by atoms with Crippen LogP contribution in [0, 0.1) is 0 Å². The summed E-state index contributed by atoms with van der Waals surface area (Å²) in [5, 5.41) is 6.87. The van der Waals surface area contributed by atoms with E-state index in [-0.39, 0.29) is 6.04 Å². The summed E-state index contributed by atoms with van der Waals surface area (Å²) >= 11 is 0. The molecule has 0 saturated heterocycles. The molecule has 1 heterocycles. The molecule has 0 aliphatic carbocycles. The van der Waals surface area contributed by atoms with Gasteiger partial charge >= 0.3 is 0 Å². The third kappa shape index (κ3) is 2.66. The summed E-state index contributed by atoms with van der Waals surface area (Å²) in [6, 6.07) is 7.15. The molecule has 0 saturated carbocycles. The number of aromatic amines is 1. The molecule has 2 rings (SSSR count). The number of ether oxygens (including phenoxy) is 2. The van der Waals surface area contributed by atoms with Crippen LogP contribution in [0.5, 0.6) is 5.75 Å². The fourth-order valence-electron chi connectivity index (χ4n) is 1.63. The van der Waals surface area contributed by atoms with Gasteiger partial charge in [0.15, 0.2) is 11.6 Å². The van der Waals surface area contributed by atoms with E-state index in [1.807, 2.05) is 24.3 Å². The van der Waals surface area contributed by atoms with Gasteiger partial charge in [0.25, 0.3) is 0 Å². The zero-order chi connectivity index (χ0) is 13.0. The summed E-state index contributed by atoms with van der Waals surface area (Å²) in [6.45, 7) is 0.387. The number of nitrogens with one attached hydrogen (secondary N) is 1. The summed E-state index contributed by atoms with van der Waals surface area (Å²) in [5.41, 5.74) is 7.01. The Balaban J connectivity index is 2.20. The van der Waals surface area contributed by atoms with Gasteiger partial charge in [-0.15, -0.1) is 0 Å². The van der Waals surface area contributed by atoms with Crippen LogP contribution in [0.4, 0.5) is 0 Å². The summed E-state index contributed by atoms with van der Waals surface area (Å²) in [4.78, 5) is 4.27. The fourth-order valence-corrected chi connectivity index (χ4v) is 1.63. The molecular weight excluding hydrogens is 232 g/mol. The van der Waals surface area contributed by atoms with Crippen molar-refractivity contribution in [2.24, 2.45) is 5.73 Å². The second kappa shape index (κ2) is 5.61. The summed E-state index contributed by atoms with van der Waals surface area (Å²) in [6.07, 6.45) is 0. The zero-order valence-electron chi connectivity index (χ0n) is 10.4. The van der Waals surface area contributed by atoms with Crippen molar-refractivity contribution in [3.63, 3.8) is 0 Å². The zero-order valence-corrected chi connectivity index (χ0v) is 10.4. The lowest BCUT2D eigenvalue weighted by Crippen LogP contribution is -2.13. The van der Waals surface area contributed by atoms with E-state index in [2.05, 4.69) is 15.2 Å². The van der Waals surface area contributed by atoms with Crippen molar-refractivity contribution in [2.45, 2.75) is 12.6 Å². The minimum atomic E-state index is -0.387. The maximum absolute atomic E-state index is 6.11. The molecule has 6 heteroatoms. The first kappa shape index (κ1) is 12.5. The second-order valence-corrected chi connectivity index (χ2v) is 3.83. The standard InChI is InChI=1S/C12H16N4O2/c1-17-7-10-14-12(16-15-10)11(13)8-4-3-5-9(6-8)18-2/h3-6,11H,7,13H2,1-2H3,(H,14,15,16). The number of nitrogens with two attached hydrogens (primary N) is 1. The number of hydrogen-bond acceptors (Lipinski definition) is 5. The fraction of sp³-hybridized carbons (Fsp3) is 0.333. The van der Waals surface area contributed by atoms with Gasteiger partial charge in [0, 0.05) is 7.11 Å². The molecule has 1 aromatic carbocycles. The van der Waals surface area contributed by atoms with Crippen molar-refractivity contribution in [3.8, 4) is 5.75 Å². The first-order valence-corrected chi connectivity index (χ1v) is 5.54. The highest BCUT2D eigenvalue weighted by Crippen LogP contribution is 2.20. The number of hydrogen-bond donors (Lipinski definition) is 2. The Morgan fingerprint density at radius 2 is 2.22 bits per heavy atom. The van der Waals surface area contributed by atoms with E-state index >= 15 is 0 Å². The van der Waals surface area contributed by atoms with Crippen molar-refractivity contribution >= 4 is 0 Å². The van der Waals surface area contributed by atoms with Gasteiger partial charge in [-0.05, 0) is 17.7 Å². The lowest BCUT2D eigenvalue weighted by atomic mass is 10.1. The van der Waals surface area contributed by atoms with E-state index in [0.717, 1.165) is 11.3 Å². The van der Waals surface area contributed by atoms with Gasteiger partial charge in [-0.25, -0.2) is 4.98 Å². The molecule has 0 amide bonds. The van der Waals surface area contributed by atoms with Crippen LogP contribution in [0.1, 0.15) is 23.3 Å². The minimum Gasteiger partial charge on any atom is -0.497 e. The summed E-state index contributed by atoms with van der Waals surface area (Å²) < 4.78 is 10.1. The van der Waals surface area contributed by atoms with Gasteiger partial charge in [-0.2, -0.15) is 5.10 Å². The van der Waals surface area contributed by atoms with Gasteiger partial charge in [0.1, 0.15) is 12.4 Å². The van der Waals surface area contributed by atoms with Crippen molar-refractivity contribution in [2.75, 3.05) is 14.2 Å². The molecule has 0 bridgehead atoms. The van der Waals surface area contributed by atoms with Crippen LogP contribution >= 0.6 is 0 Å². The molecule has 1 atom stereocenters. The normalized spacial score (nSPS) is 12.4. The molecule has 2 aromatic rings. The number of methoxy groups -OCH3 is 2. The Morgan fingerprint density at radius 3 is 2.94 bits per heavy atom. The van der Waals surface area contributed by atoms with Crippen molar-refractivity contribution < 1.29 is 9.47 Å². The Labute approximate surface area is 105 Å². The number of nitrogens with zero attached hydrogens (tertiary/aromatic N) is 2. The first-order valence-electron chi connectivity index (χ1n) is 5.54. The number of benzene rings is 1. The molecule has 0 spiro atoms. The summed E-state index contributed by atoms with van der Waals surface area (Å²) in [5.74, 6) is 1.96. The first-order chi connectivity index (χ1) is 8.74. The highest BCUT2D eigenvalue weighted by molar-refractivity contribution is 5.32. The molecule has 0 aliphatic rings. The third-order valence-corrected chi connectivity index (χ3v) is 2.56. The van der Waals surface area contributed by atoms with E-state index < -0.39 is 0 Å². The quantitative estimate of drug-likeness (QED) is 0.824. The molecule has 0 radical (unpaired) electrons. The van der Waals surface area contributed by atoms with E-state index in [0.29, 0.717) is 18.3 Å². The predicted octanol–water partition coefficient (Wildman–Crippen LogP) is 1.01. The van der Waals surface area contributed by atoms with Crippen LogP contribution in [0.3, 0.4) is 0 Å². The lowest BCUT2D eigenvalue weighted by Gasteiger charge is -2.09. The largest absolute Gasteiger partial charge is 0.497 e. The van der Waals surface area contributed by atoms with Crippen molar-refractivity contribution in [1.82, 2.24) is 15.2 Å². The monoisotopic (exact) mass is 248 g/mol. The molecule has 0 fully saturated rings. The number of aromatic nitrogens is 3. The van der Waals surface area contributed by atoms with Crippen LogP contribution in [0.25, 0.3) is 0 Å². The topological polar surface area (TPSA) is 86.1 Å². The van der Waals surface area contributed by atoms with Gasteiger partial charge in [0.2, 0.25) is 0 Å². The number of H-pyrrole nitrogens is 1. The van der Waals surface area contributed by atoms with E-state index in [9.17, 15) is 0 Å². The second-order valence-electron chi connectivity index (χ2n) is 3.83. The van der Waals surface area contributed by atoms with Gasteiger partial charge in [-0.3, -0.25) is 5.10 Å². The predicted molar refractivity (Wildman–Crippen MR) is 66.1 cm³/mol. The van der Waals surface area contributed by atoms with Crippen LogP contribution in [0.2, 0.25) is 0 Å². The van der Waals surface area contributed by atoms with Crippen molar-refractivity contribution in [1.29, 1.82) is 0 Å². The van der Waals surface area contributed by atoms with E-state index in [1.165, 1.54) is 0 Å². The number of rotatable bonds is 5. The average molecular weight is 248 g/mol. The highest BCUT2D eigenvalue weighted by atomic mass is 16.5. The highest BCUT2D eigenvalue weighted by Gasteiger charge is 2.14. The maximum atomic E-state index is 6.11. The molecule has 1 unspecified atom stereocenters. The molecule has 1 aromatic heterocycles. The van der Waals surface area contributed by atoms with Crippen LogP contribution < -0.4 is 10.5 Å². The Morgan fingerprint density at radius 1 is 1.39 bits per heavy atom. The SMILES string of the molecule is COCc1nc(C(N)c2cccc(OC)c2)n[nH]1. The molecular formula is C12H16N4O2. The van der Waals surface area contributed by atoms with Crippen molar-refractivity contribution in [3.05, 3.63) is 41.5 Å². The van der Waals surface area contributed by atoms with Gasteiger partial charge in [-0.1, -0.05) is 12.1 Å². The lowest BCUT2D eigenvalue weighted by molar-refractivity contribution is 0.178. The molecule has 6 nitrogen and oxygen atoms in total. The van der Waals surface area contributed by atoms with Crippen LogP contribution in [-0.2, 0) is 11.3 Å².